The molecule has 0 spiro atoms. The first kappa shape index (κ1) is 19.9. The van der Waals surface area contributed by atoms with Crippen LogP contribution in [0.4, 0.5) is 0 Å². The Hall–Kier alpha value is -3.81. The lowest BCUT2D eigenvalue weighted by Gasteiger charge is -2.08. The molecular formula is C21H20N2O6. The molecule has 0 aliphatic heterocycles. The van der Waals surface area contributed by atoms with Crippen molar-refractivity contribution in [2.24, 2.45) is 5.10 Å². The molecule has 0 fully saturated rings. The van der Waals surface area contributed by atoms with Gasteiger partial charge in [0.15, 0.2) is 18.1 Å². The van der Waals surface area contributed by atoms with Crippen LogP contribution < -0.4 is 25.3 Å². The van der Waals surface area contributed by atoms with Crippen LogP contribution in [0.1, 0.15) is 11.1 Å². The molecule has 8 nitrogen and oxygen atoms in total. The van der Waals surface area contributed by atoms with Crippen molar-refractivity contribution in [1.82, 2.24) is 5.43 Å². The zero-order valence-corrected chi connectivity index (χ0v) is 16.2. The highest BCUT2D eigenvalue weighted by Crippen LogP contribution is 2.26. The molecule has 1 heterocycles. The fraction of sp³-hybridized carbons (Fsp3) is 0.190. The molecule has 0 saturated carbocycles. The van der Waals surface area contributed by atoms with Gasteiger partial charge in [-0.2, -0.15) is 5.10 Å². The number of aryl methyl sites for hydroxylation is 1. The fourth-order valence-electron chi connectivity index (χ4n) is 2.69. The molecule has 29 heavy (non-hydrogen) atoms. The Bertz CT molecular complexity index is 1120. The predicted molar refractivity (Wildman–Crippen MR) is 108 cm³/mol. The van der Waals surface area contributed by atoms with Gasteiger partial charge in [-0.3, -0.25) is 4.79 Å². The number of carbonyl (C=O) groups excluding carboxylic acids is 1. The molecule has 1 aromatic heterocycles. The molecule has 0 radical (unpaired) electrons. The standard InChI is InChI=1S/C21H20N2O6/c1-13-8-21(25)29-18-10-15(5-6-16(13)18)28-12-20(24)23-22-11-14-4-7-17(26-2)19(9-14)27-3/h4-11H,12H2,1-3H3,(H,23,24)/b22-11-. The van der Waals surface area contributed by atoms with Gasteiger partial charge >= 0.3 is 5.63 Å². The van der Waals surface area contributed by atoms with Crippen molar-refractivity contribution in [3.05, 3.63) is 64.0 Å². The maximum absolute atomic E-state index is 11.9. The van der Waals surface area contributed by atoms with Gasteiger partial charge in [-0.15, -0.1) is 0 Å². The third-order valence-electron chi connectivity index (χ3n) is 4.10. The van der Waals surface area contributed by atoms with Gasteiger partial charge in [-0.25, -0.2) is 10.2 Å². The Morgan fingerprint density at radius 2 is 1.90 bits per heavy atom. The lowest BCUT2D eigenvalue weighted by molar-refractivity contribution is -0.123. The molecule has 1 N–H and O–H groups in total. The SMILES string of the molecule is COc1ccc(/C=N\NC(=O)COc2ccc3c(C)cc(=O)oc3c2)cc1OC. The lowest BCUT2D eigenvalue weighted by Crippen LogP contribution is -2.24. The summed E-state index contributed by atoms with van der Waals surface area (Å²) in [4.78, 5) is 23.4. The number of amides is 1. The van der Waals surface area contributed by atoms with E-state index in [2.05, 4.69) is 10.5 Å². The van der Waals surface area contributed by atoms with E-state index in [1.807, 2.05) is 6.92 Å². The average Bonchev–Trinajstić information content (AvgIpc) is 2.71. The number of methoxy groups -OCH3 is 2. The van der Waals surface area contributed by atoms with E-state index in [9.17, 15) is 9.59 Å². The topological polar surface area (TPSA) is 99.4 Å². The van der Waals surface area contributed by atoms with Crippen molar-refractivity contribution < 1.29 is 23.4 Å². The van der Waals surface area contributed by atoms with Crippen molar-refractivity contribution in [1.29, 1.82) is 0 Å². The minimum absolute atomic E-state index is 0.245. The molecule has 0 aliphatic rings. The fourth-order valence-corrected chi connectivity index (χ4v) is 2.69. The number of hydrogen-bond donors (Lipinski definition) is 1. The number of hydrazone groups is 1. The van der Waals surface area contributed by atoms with Crippen LogP contribution in [0, 0.1) is 6.92 Å². The molecule has 150 valence electrons. The molecule has 0 atom stereocenters. The molecule has 0 unspecified atom stereocenters. The number of hydrogen-bond acceptors (Lipinski definition) is 7. The summed E-state index contributed by atoms with van der Waals surface area (Å²) in [6.07, 6.45) is 1.48. The summed E-state index contributed by atoms with van der Waals surface area (Å²) in [5.74, 6) is 1.13. The van der Waals surface area contributed by atoms with E-state index in [0.717, 1.165) is 16.5 Å². The van der Waals surface area contributed by atoms with Gasteiger partial charge in [-0.05, 0) is 48.4 Å². The lowest BCUT2D eigenvalue weighted by atomic mass is 10.1. The van der Waals surface area contributed by atoms with E-state index in [1.54, 1.807) is 43.5 Å². The van der Waals surface area contributed by atoms with Crippen LogP contribution >= 0.6 is 0 Å². The van der Waals surface area contributed by atoms with Gasteiger partial charge < -0.3 is 18.6 Å². The van der Waals surface area contributed by atoms with Gasteiger partial charge in [0.25, 0.3) is 5.91 Å². The quantitative estimate of drug-likeness (QED) is 0.374. The summed E-state index contributed by atoms with van der Waals surface area (Å²) < 4.78 is 21.0. The van der Waals surface area contributed by atoms with Crippen LogP contribution in [-0.4, -0.2) is 32.9 Å². The Morgan fingerprint density at radius 3 is 2.66 bits per heavy atom. The average molecular weight is 396 g/mol. The normalized spacial score (nSPS) is 10.9. The van der Waals surface area contributed by atoms with Crippen LogP contribution in [0.25, 0.3) is 11.0 Å². The monoisotopic (exact) mass is 396 g/mol. The highest BCUT2D eigenvalue weighted by molar-refractivity contribution is 5.84. The molecule has 8 heteroatoms. The molecule has 2 aromatic carbocycles. The Kier molecular flexibility index (Phi) is 6.13. The molecule has 3 aromatic rings. The second kappa shape index (κ2) is 8.92. The first-order valence-corrected chi connectivity index (χ1v) is 8.71. The minimum Gasteiger partial charge on any atom is -0.493 e. The second-order valence-electron chi connectivity index (χ2n) is 6.10. The molecule has 0 bridgehead atoms. The Balaban J connectivity index is 1.58. The van der Waals surface area contributed by atoms with Crippen LogP contribution in [0.2, 0.25) is 0 Å². The maximum atomic E-state index is 11.9. The van der Waals surface area contributed by atoms with E-state index in [0.29, 0.717) is 22.8 Å². The predicted octanol–water partition coefficient (Wildman–Crippen LogP) is 2.65. The molecular weight excluding hydrogens is 376 g/mol. The van der Waals surface area contributed by atoms with Crippen LogP contribution in [0.5, 0.6) is 17.2 Å². The summed E-state index contributed by atoms with van der Waals surface area (Å²) in [7, 11) is 3.09. The van der Waals surface area contributed by atoms with Gasteiger partial charge in [0.2, 0.25) is 0 Å². The van der Waals surface area contributed by atoms with Crippen molar-refractivity contribution in [3.63, 3.8) is 0 Å². The number of nitrogens with one attached hydrogen (secondary N) is 1. The van der Waals surface area contributed by atoms with Gasteiger partial charge in [0, 0.05) is 17.5 Å². The van der Waals surface area contributed by atoms with E-state index >= 15 is 0 Å². The molecule has 3 rings (SSSR count). The number of nitrogens with zero attached hydrogens (tertiary/aromatic N) is 1. The van der Waals surface area contributed by atoms with Gasteiger partial charge in [0.05, 0.1) is 20.4 Å². The third-order valence-corrected chi connectivity index (χ3v) is 4.10. The number of carbonyl (C=O) groups is 1. The zero-order valence-electron chi connectivity index (χ0n) is 16.2. The van der Waals surface area contributed by atoms with Crippen molar-refractivity contribution in [2.75, 3.05) is 20.8 Å². The van der Waals surface area contributed by atoms with Gasteiger partial charge in [-0.1, -0.05) is 0 Å². The highest BCUT2D eigenvalue weighted by atomic mass is 16.5. The molecule has 0 saturated heterocycles. The van der Waals surface area contributed by atoms with Crippen molar-refractivity contribution in [3.8, 4) is 17.2 Å². The summed E-state index contributed by atoms with van der Waals surface area (Å²) >= 11 is 0. The smallest absolute Gasteiger partial charge is 0.336 e. The Labute approximate surface area is 166 Å². The summed E-state index contributed by atoms with van der Waals surface area (Å²) in [5, 5.41) is 4.70. The first-order chi connectivity index (χ1) is 14.0. The Morgan fingerprint density at radius 1 is 1.10 bits per heavy atom. The largest absolute Gasteiger partial charge is 0.493 e. The number of benzene rings is 2. The van der Waals surface area contributed by atoms with Crippen LogP contribution in [0.3, 0.4) is 0 Å². The van der Waals surface area contributed by atoms with Crippen molar-refractivity contribution in [2.45, 2.75) is 6.92 Å². The number of ether oxygens (including phenoxy) is 3. The summed E-state index contributed by atoms with van der Waals surface area (Å²) in [6, 6.07) is 11.7. The van der Waals surface area contributed by atoms with E-state index in [1.165, 1.54) is 19.4 Å². The second-order valence-corrected chi connectivity index (χ2v) is 6.10. The van der Waals surface area contributed by atoms with E-state index < -0.39 is 11.5 Å². The summed E-state index contributed by atoms with van der Waals surface area (Å²) in [5.41, 5.74) is 3.89. The first-order valence-electron chi connectivity index (χ1n) is 8.71. The van der Waals surface area contributed by atoms with Crippen molar-refractivity contribution >= 4 is 23.1 Å². The van der Waals surface area contributed by atoms with E-state index in [-0.39, 0.29) is 6.61 Å². The molecule has 0 aliphatic carbocycles. The van der Waals surface area contributed by atoms with Crippen LogP contribution in [0.15, 0.2) is 56.8 Å². The number of fused-ring (bicyclic) bond motifs is 1. The highest BCUT2D eigenvalue weighted by Gasteiger charge is 2.07. The van der Waals surface area contributed by atoms with E-state index in [4.69, 9.17) is 18.6 Å². The minimum atomic E-state index is -0.437. The van der Waals surface area contributed by atoms with Crippen LogP contribution in [-0.2, 0) is 4.79 Å². The molecule has 1 amide bonds. The third kappa shape index (κ3) is 4.92. The zero-order chi connectivity index (χ0) is 20.8. The summed E-state index contributed by atoms with van der Waals surface area (Å²) in [6.45, 7) is 1.58. The maximum Gasteiger partial charge on any atom is 0.336 e. The van der Waals surface area contributed by atoms with Gasteiger partial charge in [0.1, 0.15) is 11.3 Å². The number of rotatable bonds is 7.